The Hall–Kier alpha value is -2.68. The van der Waals surface area contributed by atoms with E-state index in [4.69, 9.17) is 0 Å². The lowest BCUT2D eigenvalue weighted by atomic mass is 10.1. The quantitative estimate of drug-likeness (QED) is 0.572. The maximum atomic E-state index is 12.9. The number of aliphatic carboxylic acids is 1. The molecule has 144 valence electrons. The highest BCUT2D eigenvalue weighted by Gasteiger charge is 2.63. The van der Waals surface area contributed by atoms with Crippen LogP contribution in [0, 0.1) is 0 Å². The molecule has 0 bridgehead atoms. The van der Waals surface area contributed by atoms with Crippen molar-refractivity contribution in [2.24, 2.45) is 0 Å². The molecule has 0 aliphatic heterocycles. The van der Waals surface area contributed by atoms with Crippen LogP contribution >= 0.6 is 11.3 Å². The molecule has 28 heavy (non-hydrogen) atoms. The van der Waals surface area contributed by atoms with Crippen molar-refractivity contribution in [2.45, 2.75) is 22.1 Å². The lowest BCUT2D eigenvalue weighted by Crippen LogP contribution is -2.44. The van der Waals surface area contributed by atoms with Crippen molar-refractivity contribution in [3.05, 3.63) is 72.3 Å². The first-order valence-corrected chi connectivity index (χ1v) is 10.8. The summed E-state index contributed by atoms with van der Waals surface area (Å²) in [6.07, 6.45) is 0.210. The molecule has 3 aromatic rings. The Bertz CT molecular complexity index is 1120. The van der Waals surface area contributed by atoms with Crippen LogP contribution in [-0.4, -0.2) is 30.1 Å². The topological polar surface area (TPSA) is 104 Å². The number of rotatable bonds is 6. The van der Waals surface area contributed by atoms with E-state index >= 15 is 0 Å². The van der Waals surface area contributed by atoms with Crippen molar-refractivity contribution >= 4 is 27.3 Å². The van der Waals surface area contributed by atoms with Crippen LogP contribution in [0.4, 0.5) is 0 Å². The molecule has 1 aliphatic rings. The van der Waals surface area contributed by atoms with E-state index < -0.39 is 27.4 Å². The van der Waals surface area contributed by atoms with E-state index in [9.17, 15) is 23.4 Å². The summed E-state index contributed by atoms with van der Waals surface area (Å²) in [6.45, 7) is 0. The number of carbonyl (C=O) groups is 1. The van der Waals surface area contributed by atoms with Crippen molar-refractivity contribution < 1.29 is 23.4 Å². The number of benzene rings is 2. The van der Waals surface area contributed by atoms with Crippen molar-refractivity contribution in [1.29, 1.82) is 0 Å². The highest BCUT2D eigenvalue weighted by Crippen LogP contribution is 2.52. The molecule has 8 heteroatoms. The average Bonchev–Trinajstić information content (AvgIpc) is 3.17. The minimum Gasteiger partial charge on any atom is -0.508 e. The van der Waals surface area contributed by atoms with Gasteiger partial charge in [-0.1, -0.05) is 30.3 Å². The molecule has 1 aliphatic carbocycles. The Morgan fingerprint density at radius 2 is 1.71 bits per heavy atom. The smallest absolute Gasteiger partial charge is 0.325 e. The molecular weight excluding hydrogens is 398 g/mol. The van der Waals surface area contributed by atoms with E-state index in [0.717, 1.165) is 22.5 Å². The van der Waals surface area contributed by atoms with Crippen LogP contribution in [0.1, 0.15) is 17.9 Å². The van der Waals surface area contributed by atoms with Gasteiger partial charge in [-0.25, -0.2) is 8.42 Å². The van der Waals surface area contributed by atoms with Gasteiger partial charge in [0.15, 0.2) is 0 Å². The van der Waals surface area contributed by atoms with E-state index in [1.165, 1.54) is 18.2 Å². The van der Waals surface area contributed by atoms with Crippen LogP contribution in [0.5, 0.6) is 5.75 Å². The molecule has 6 nitrogen and oxygen atoms in total. The first-order valence-electron chi connectivity index (χ1n) is 8.53. The first-order chi connectivity index (χ1) is 13.3. The van der Waals surface area contributed by atoms with Gasteiger partial charge in [0.2, 0.25) is 0 Å². The second-order valence-electron chi connectivity index (χ2n) is 6.71. The van der Waals surface area contributed by atoms with Gasteiger partial charge in [-0.2, -0.15) is 4.72 Å². The number of thiophene rings is 1. The maximum absolute atomic E-state index is 12.9. The Morgan fingerprint density at radius 1 is 1.04 bits per heavy atom. The maximum Gasteiger partial charge on any atom is 0.325 e. The number of phenols is 1. The molecule has 0 unspecified atom stereocenters. The Morgan fingerprint density at radius 3 is 2.36 bits per heavy atom. The van der Waals surface area contributed by atoms with E-state index in [2.05, 4.69) is 4.72 Å². The molecule has 2 aromatic carbocycles. The molecule has 3 N–H and O–H groups in total. The van der Waals surface area contributed by atoms with Crippen molar-refractivity contribution in [1.82, 2.24) is 4.72 Å². The summed E-state index contributed by atoms with van der Waals surface area (Å²) in [5, 5.41) is 19.1. The number of nitrogens with one attached hydrogen (secondary N) is 1. The second kappa shape index (κ2) is 6.73. The van der Waals surface area contributed by atoms with E-state index in [0.29, 0.717) is 4.88 Å². The molecule has 1 heterocycles. The predicted octanol–water partition coefficient (Wildman–Crippen LogP) is 3.41. The zero-order chi connectivity index (χ0) is 19.9. The van der Waals surface area contributed by atoms with Crippen LogP contribution in [0.2, 0.25) is 0 Å². The Labute approximate surface area is 166 Å². The summed E-state index contributed by atoms with van der Waals surface area (Å²) >= 11 is 1.05. The first kappa shape index (κ1) is 18.7. The van der Waals surface area contributed by atoms with Crippen LogP contribution in [0.15, 0.2) is 70.9 Å². The minimum atomic E-state index is -4.00. The van der Waals surface area contributed by atoms with Crippen molar-refractivity contribution in [2.75, 3.05) is 0 Å². The molecule has 1 saturated carbocycles. The van der Waals surface area contributed by atoms with Crippen LogP contribution in [0.3, 0.4) is 0 Å². The zero-order valence-corrected chi connectivity index (χ0v) is 16.2. The second-order valence-corrected chi connectivity index (χ2v) is 9.71. The molecule has 0 spiro atoms. The molecule has 1 fully saturated rings. The fraction of sp³-hybridized carbons (Fsp3) is 0.150. The third-order valence-electron chi connectivity index (χ3n) is 4.86. The van der Waals surface area contributed by atoms with Crippen molar-refractivity contribution in [3.8, 4) is 16.2 Å². The molecule has 4 rings (SSSR count). The summed E-state index contributed by atoms with van der Waals surface area (Å²) in [4.78, 5) is 12.6. The highest BCUT2D eigenvalue weighted by atomic mass is 32.2. The van der Waals surface area contributed by atoms with Gasteiger partial charge in [-0.15, -0.1) is 11.3 Å². The third-order valence-corrected chi connectivity index (χ3v) is 7.99. The summed E-state index contributed by atoms with van der Waals surface area (Å²) < 4.78 is 28.2. The summed E-state index contributed by atoms with van der Waals surface area (Å²) in [5.74, 6) is -1.46. The Kier molecular flexibility index (Phi) is 4.49. The molecule has 2 atom stereocenters. The molecule has 1 aromatic heterocycles. The molecule has 0 radical (unpaired) electrons. The minimum absolute atomic E-state index is 0.0508. The SMILES string of the molecule is O=C(O)[C@@]1(NS(=O)(=O)c2ccc(-c3ccc(O)cc3)s2)C[C@H]1c1ccccc1. The fourth-order valence-corrected chi connectivity index (χ4v) is 6.00. The number of carboxylic acid groups (broad SMARTS) is 1. The van der Waals surface area contributed by atoms with Gasteiger partial charge in [0, 0.05) is 10.8 Å². The van der Waals surface area contributed by atoms with Crippen LogP contribution in [0.25, 0.3) is 10.4 Å². The largest absolute Gasteiger partial charge is 0.508 e. The van der Waals surface area contributed by atoms with Crippen LogP contribution in [-0.2, 0) is 14.8 Å². The predicted molar refractivity (Wildman–Crippen MR) is 106 cm³/mol. The van der Waals surface area contributed by atoms with E-state index in [1.54, 1.807) is 42.5 Å². The average molecular weight is 415 g/mol. The number of phenolic OH excluding ortho intramolecular Hbond substituents is 1. The lowest BCUT2D eigenvalue weighted by Gasteiger charge is -2.14. The number of carboxylic acids is 1. The van der Waals surface area contributed by atoms with Gasteiger partial charge in [-0.05, 0) is 53.9 Å². The molecule has 0 saturated heterocycles. The summed E-state index contributed by atoms with van der Waals surface area (Å²) in [6, 6.07) is 18.6. The highest BCUT2D eigenvalue weighted by molar-refractivity contribution is 7.91. The Balaban J connectivity index is 1.60. The standard InChI is InChI=1S/C20H17NO5S2/c22-15-8-6-14(7-9-15)17-10-11-18(27-17)28(25,26)21-20(19(23)24)12-16(20)13-4-2-1-3-5-13/h1-11,16,21-22H,12H2,(H,23,24)/t16-,20+/m0/s1. The number of sulfonamides is 1. The van der Waals surface area contributed by atoms with Gasteiger partial charge in [0.05, 0.1) is 0 Å². The normalized spacial score (nSPS) is 21.4. The fourth-order valence-electron chi connectivity index (χ4n) is 3.28. The summed E-state index contributed by atoms with van der Waals surface area (Å²) in [5.41, 5.74) is 0.0393. The van der Waals surface area contributed by atoms with Gasteiger partial charge in [-0.3, -0.25) is 4.79 Å². The number of hydrogen-bond acceptors (Lipinski definition) is 5. The monoisotopic (exact) mass is 415 g/mol. The van der Waals surface area contributed by atoms with Gasteiger partial charge < -0.3 is 10.2 Å². The van der Waals surface area contributed by atoms with Crippen LogP contribution < -0.4 is 4.72 Å². The summed E-state index contributed by atoms with van der Waals surface area (Å²) in [7, 11) is -4.00. The number of hydrogen-bond donors (Lipinski definition) is 3. The van der Waals surface area contributed by atoms with Gasteiger partial charge in [0.1, 0.15) is 15.5 Å². The zero-order valence-electron chi connectivity index (χ0n) is 14.6. The van der Waals surface area contributed by atoms with E-state index in [1.807, 2.05) is 6.07 Å². The lowest BCUT2D eigenvalue weighted by molar-refractivity contribution is -0.140. The van der Waals surface area contributed by atoms with Crippen molar-refractivity contribution in [3.63, 3.8) is 0 Å². The third kappa shape index (κ3) is 3.30. The molecular formula is C20H17NO5S2. The molecule has 0 amide bonds. The van der Waals surface area contributed by atoms with Gasteiger partial charge in [0.25, 0.3) is 10.0 Å². The number of aromatic hydroxyl groups is 1. The van der Waals surface area contributed by atoms with E-state index in [-0.39, 0.29) is 16.4 Å². The van der Waals surface area contributed by atoms with Gasteiger partial charge >= 0.3 is 5.97 Å².